The minimum absolute atomic E-state index is 0.193. The van der Waals surface area contributed by atoms with E-state index in [2.05, 4.69) is 34.2 Å². The zero-order valence-corrected chi connectivity index (χ0v) is 14.5. The Kier molecular flexibility index (Phi) is 5.23. The predicted molar refractivity (Wildman–Crippen MR) is 90.4 cm³/mol. The normalized spacial score (nSPS) is 23.3. The number of benzene rings is 1. The van der Waals surface area contributed by atoms with Crippen LogP contribution in [0.5, 0.6) is 0 Å². The highest BCUT2D eigenvalue weighted by Gasteiger charge is 2.24. The highest BCUT2D eigenvalue weighted by molar-refractivity contribution is 5.53. The van der Waals surface area contributed by atoms with Gasteiger partial charge >= 0.3 is 0 Å². The summed E-state index contributed by atoms with van der Waals surface area (Å²) in [7, 11) is 0. The van der Waals surface area contributed by atoms with Crippen LogP contribution in [0.4, 0.5) is 0 Å². The van der Waals surface area contributed by atoms with Crippen molar-refractivity contribution in [3.63, 3.8) is 0 Å². The van der Waals surface area contributed by atoms with E-state index in [1.54, 1.807) is 0 Å². The molecule has 0 spiro atoms. The Bertz CT molecular complexity index is 647. The molecule has 1 saturated heterocycles. The number of hydrogen-bond acceptors (Lipinski definition) is 6. The van der Waals surface area contributed by atoms with Gasteiger partial charge in [0.15, 0.2) is 0 Å². The van der Waals surface area contributed by atoms with Crippen molar-refractivity contribution < 1.29 is 9.84 Å². The average molecular weight is 331 g/mol. The Morgan fingerprint density at radius 3 is 2.50 bits per heavy atom. The molecule has 1 aliphatic rings. The van der Waals surface area contributed by atoms with E-state index in [4.69, 9.17) is 4.74 Å². The summed E-state index contributed by atoms with van der Waals surface area (Å²) in [6, 6.07) is 7.99. The molecule has 2 heterocycles. The van der Waals surface area contributed by atoms with Crippen molar-refractivity contribution in [3.8, 4) is 11.4 Å². The molecule has 7 heteroatoms. The van der Waals surface area contributed by atoms with Crippen molar-refractivity contribution in [1.82, 2.24) is 25.1 Å². The van der Waals surface area contributed by atoms with E-state index in [-0.39, 0.29) is 12.2 Å². The van der Waals surface area contributed by atoms with Crippen LogP contribution >= 0.6 is 0 Å². The van der Waals surface area contributed by atoms with Crippen LogP contribution in [-0.4, -0.2) is 68.2 Å². The van der Waals surface area contributed by atoms with Crippen LogP contribution in [0, 0.1) is 6.92 Å². The molecule has 0 radical (unpaired) electrons. The van der Waals surface area contributed by atoms with E-state index in [9.17, 15) is 5.11 Å². The molecule has 24 heavy (non-hydrogen) atoms. The Labute approximate surface area is 142 Å². The van der Waals surface area contributed by atoms with Crippen LogP contribution < -0.4 is 0 Å². The smallest absolute Gasteiger partial charge is 0.204 e. The molecule has 1 aromatic carbocycles. The number of rotatable bonds is 5. The van der Waals surface area contributed by atoms with Gasteiger partial charge in [-0.25, -0.2) is 0 Å². The number of tetrazole rings is 1. The number of β-amino-alcohol motifs (C(OH)–C–C–N with tert-alkyl or cyclic N) is 1. The van der Waals surface area contributed by atoms with E-state index >= 15 is 0 Å². The molecule has 0 saturated carbocycles. The first-order chi connectivity index (χ1) is 11.5. The maximum atomic E-state index is 10.3. The third kappa shape index (κ3) is 4.37. The average Bonchev–Trinajstić information content (AvgIpc) is 2.95. The molecule has 0 aliphatic carbocycles. The number of aliphatic hydroxyl groups excluding tert-OH is 1. The second-order valence-corrected chi connectivity index (χ2v) is 6.66. The van der Waals surface area contributed by atoms with Crippen molar-refractivity contribution in [3.05, 3.63) is 29.8 Å². The van der Waals surface area contributed by atoms with Gasteiger partial charge in [0.05, 0.1) is 24.9 Å². The molecule has 1 fully saturated rings. The summed E-state index contributed by atoms with van der Waals surface area (Å²) in [5.74, 6) is 0.579. The molecule has 130 valence electrons. The summed E-state index contributed by atoms with van der Waals surface area (Å²) in [6.07, 6.45) is -0.153. The summed E-state index contributed by atoms with van der Waals surface area (Å²) in [5.41, 5.74) is 2.12. The van der Waals surface area contributed by atoms with Gasteiger partial charge in [-0.05, 0) is 26.0 Å². The Hall–Kier alpha value is -1.83. The second kappa shape index (κ2) is 7.38. The molecule has 1 aromatic heterocycles. The molecular weight excluding hydrogens is 306 g/mol. The van der Waals surface area contributed by atoms with E-state index in [1.165, 1.54) is 10.4 Å². The van der Waals surface area contributed by atoms with Crippen LogP contribution in [0.1, 0.15) is 19.4 Å². The standard InChI is InChI=1S/C17H25N5O2/c1-12-4-6-15(7-5-12)17-18-20-22(19-17)11-16(23)10-21-8-13(2)24-14(3)9-21/h4-7,13-14,16,23H,8-11H2,1-3H3/t13-,14-,16-/m1/s1. The van der Waals surface area contributed by atoms with Gasteiger partial charge in [-0.15, -0.1) is 10.2 Å². The van der Waals surface area contributed by atoms with Crippen LogP contribution in [0.25, 0.3) is 11.4 Å². The molecule has 7 nitrogen and oxygen atoms in total. The van der Waals surface area contributed by atoms with Crippen LogP contribution in [-0.2, 0) is 11.3 Å². The zero-order chi connectivity index (χ0) is 17.1. The topological polar surface area (TPSA) is 76.3 Å². The number of nitrogens with zero attached hydrogens (tertiary/aromatic N) is 5. The Balaban J connectivity index is 1.57. The molecule has 2 aromatic rings. The van der Waals surface area contributed by atoms with E-state index in [1.807, 2.05) is 31.2 Å². The predicted octanol–water partition coefficient (Wildman–Crippen LogP) is 1.12. The number of ether oxygens (including phenoxy) is 1. The van der Waals surface area contributed by atoms with Crippen LogP contribution in [0.3, 0.4) is 0 Å². The minimum Gasteiger partial charge on any atom is -0.390 e. The van der Waals surface area contributed by atoms with Crippen molar-refractivity contribution in [1.29, 1.82) is 0 Å². The fourth-order valence-electron chi connectivity index (χ4n) is 3.12. The molecule has 1 aliphatic heterocycles. The number of aryl methyl sites for hydroxylation is 1. The Morgan fingerprint density at radius 2 is 1.83 bits per heavy atom. The maximum absolute atomic E-state index is 10.3. The molecule has 0 bridgehead atoms. The lowest BCUT2D eigenvalue weighted by molar-refractivity contribution is -0.0776. The summed E-state index contributed by atoms with van der Waals surface area (Å²) in [5, 5.41) is 22.8. The molecule has 0 unspecified atom stereocenters. The fraction of sp³-hybridized carbons (Fsp3) is 0.588. The number of morpholine rings is 1. The molecule has 1 N–H and O–H groups in total. The molecule has 3 atom stereocenters. The van der Waals surface area contributed by atoms with Crippen molar-refractivity contribution >= 4 is 0 Å². The van der Waals surface area contributed by atoms with Gasteiger partial charge in [-0.3, -0.25) is 4.90 Å². The highest BCUT2D eigenvalue weighted by atomic mass is 16.5. The summed E-state index contributed by atoms with van der Waals surface area (Å²) >= 11 is 0. The second-order valence-electron chi connectivity index (χ2n) is 6.66. The van der Waals surface area contributed by atoms with Gasteiger partial charge < -0.3 is 9.84 Å². The quantitative estimate of drug-likeness (QED) is 0.885. The van der Waals surface area contributed by atoms with Crippen molar-refractivity contribution in [2.45, 2.75) is 45.6 Å². The minimum atomic E-state index is -0.539. The van der Waals surface area contributed by atoms with Gasteiger partial charge in [-0.1, -0.05) is 29.8 Å². The largest absolute Gasteiger partial charge is 0.390 e. The van der Waals surface area contributed by atoms with Crippen LogP contribution in [0.15, 0.2) is 24.3 Å². The monoisotopic (exact) mass is 331 g/mol. The maximum Gasteiger partial charge on any atom is 0.204 e. The number of hydrogen-bond donors (Lipinski definition) is 1. The molecule has 0 amide bonds. The highest BCUT2D eigenvalue weighted by Crippen LogP contribution is 2.14. The van der Waals surface area contributed by atoms with Gasteiger partial charge in [0.1, 0.15) is 0 Å². The molecular formula is C17H25N5O2. The first-order valence-corrected chi connectivity index (χ1v) is 8.40. The van der Waals surface area contributed by atoms with Gasteiger partial charge in [0.25, 0.3) is 0 Å². The lowest BCUT2D eigenvalue weighted by Gasteiger charge is -2.36. The first-order valence-electron chi connectivity index (χ1n) is 8.40. The van der Waals surface area contributed by atoms with Crippen LogP contribution in [0.2, 0.25) is 0 Å². The molecule has 3 rings (SSSR count). The van der Waals surface area contributed by atoms with E-state index in [0.717, 1.165) is 18.7 Å². The lowest BCUT2D eigenvalue weighted by Crippen LogP contribution is -2.48. The third-order valence-electron chi connectivity index (χ3n) is 4.10. The van der Waals surface area contributed by atoms with E-state index < -0.39 is 6.10 Å². The van der Waals surface area contributed by atoms with Gasteiger partial charge in [0, 0.05) is 25.2 Å². The summed E-state index contributed by atoms with van der Waals surface area (Å²) in [6.45, 7) is 8.74. The SMILES string of the molecule is Cc1ccc(-c2nnn(C[C@H](O)CN3C[C@@H](C)O[C@H](C)C3)n2)cc1. The van der Waals surface area contributed by atoms with E-state index in [0.29, 0.717) is 18.9 Å². The first kappa shape index (κ1) is 17.0. The number of aromatic nitrogens is 4. The van der Waals surface area contributed by atoms with Gasteiger partial charge in [0.2, 0.25) is 5.82 Å². The zero-order valence-electron chi connectivity index (χ0n) is 14.5. The summed E-state index contributed by atoms with van der Waals surface area (Å²) < 4.78 is 5.71. The van der Waals surface area contributed by atoms with Gasteiger partial charge in [-0.2, -0.15) is 4.80 Å². The number of aliphatic hydroxyl groups is 1. The third-order valence-corrected chi connectivity index (χ3v) is 4.10. The summed E-state index contributed by atoms with van der Waals surface area (Å²) in [4.78, 5) is 3.69. The van der Waals surface area contributed by atoms with Crippen molar-refractivity contribution in [2.75, 3.05) is 19.6 Å². The fourth-order valence-corrected chi connectivity index (χ4v) is 3.12. The van der Waals surface area contributed by atoms with Crippen molar-refractivity contribution in [2.24, 2.45) is 0 Å². The lowest BCUT2D eigenvalue weighted by atomic mass is 10.1. The Morgan fingerprint density at radius 1 is 1.17 bits per heavy atom.